The molecule has 2 aromatic rings. The predicted molar refractivity (Wildman–Crippen MR) is 83.3 cm³/mol. The number of amides is 1. The van der Waals surface area contributed by atoms with E-state index in [1.165, 1.54) is 0 Å². The van der Waals surface area contributed by atoms with Gasteiger partial charge >= 0.3 is 5.97 Å². The molecule has 0 bridgehead atoms. The third-order valence-corrected chi connectivity index (χ3v) is 3.59. The van der Waals surface area contributed by atoms with Crippen LogP contribution in [-0.4, -0.2) is 28.1 Å². The number of aromatic nitrogens is 1. The minimum absolute atomic E-state index is 0.191. The number of carboxylic acids is 1. The van der Waals surface area contributed by atoms with Gasteiger partial charge in [0, 0.05) is 5.38 Å². The first-order chi connectivity index (χ1) is 11.0. The summed E-state index contributed by atoms with van der Waals surface area (Å²) in [5, 5.41) is 21.9. The molecule has 8 heteroatoms. The molecule has 0 saturated carbocycles. The van der Waals surface area contributed by atoms with Gasteiger partial charge < -0.3 is 9.84 Å². The Morgan fingerprint density at radius 2 is 2.13 bits per heavy atom. The number of hydrogen-bond acceptors (Lipinski definition) is 6. The Kier molecular flexibility index (Phi) is 5.28. The van der Waals surface area contributed by atoms with E-state index >= 15 is 0 Å². The largest absolute Gasteiger partial charge is 0.481 e. The van der Waals surface area contributed by atoms with Gasteiger partial charge in [-0.15, -0.1) is 11.3 Å². The number of nitrogens with zero attached hydrogens (tertiary/aromatic N) is 2. The van der Waals surface area contributed by atoms with Crippen molar-refractivity contribution in [2.45, 2.75) is 19.4 Å². The standard InChI is InChI=1S/C15H13N3O4S/c1-9(22-12-4-2-10(7-16)3-5-12)14(21)18-15-17-11(8-23-15)6-13(19)20/h2-5,8-9H,6H2,1H3,(H,19,20)(H,17,18,21). The van der Waals surface area contributed by atoms with Crippen molar-refractivity contribution in [3.63, 3.8) is 0 Å². The van der Waals surface area contributed by atoms with Crippen LogP contribution in [0.1, 0.15) is 18.2 Å². The molecule has 0 fully saturated rings. The number of carbonyl (C=O) groups is 2. The number of nitrogens with one attached hydrogen (secondary N) is 1. The van der Waals surface area contributed by atoms with Crippen molar-refractivity contribution in [3.05, 3.63) is 40.9 Å². The zero-order chi connectivity index (χ0) is 16.8. The topological polar surface area (TPSA) is 112 Å². The lowest BCUT2D eigenvalue weighted by Crippen LogP contribution is -2.30. The van der Waals surface area contributed by atoms with E-state index in [0.29, 0.717) is 22.1 Å². The quantitative estimate of drug-likeness (QED) is 0.837. The lowest BCUT2D eigenvalue weighted by molar-refractivity contribution is -0.136. The van der Waals surface area contributed by atoms with Crippen molar-refractivity contribution >= 4 is 28.3 Å². The summed E-state index contributed by atoms with van der Waals surface area (Å²) >= 11 is 1.15. The van der Waals surface area contributed by atoms with E-state index in [1.54, 1.807) is 36.6 Å². The molecule has 1 amide bonds. The average Bonchev–Trinajstić information content (AvgIpc) is 2.94. The number of carbonyl (C=O) groups excluding carboxylic acids is 1. The van der Waals surface area contributed by atoms with Crippen molar-refractivity contribution < 1.29 is 19.4 Å². The molecule has 0 spiro atoms. The summed E-state index contributed by atoms with van der Waals surface area (Å²) in [6, 6.07) is 8.40. The molecule has 1 atom stereocenters. The van der Waals surface area contributed by atoms with Crippen molar-refractivity contribution in [1.82, 2.24) is 4.98 Å². The number of ether oxygens (including phenoxy) is 1. The van der Waals surface area contributed by atoms with Crippen LogP contribution in [0.5, 0.6) is 5.75 Å². The van der Waals surface area contributed by atoms with Crippen molar-refractivity contribution in [2.24, 2.45) is 0 Å². The number of benzene rings is 1. The van der Waals surface area contributed by atoms with E-state index in [-0.39, 0.29) is 6.42 Å². The summed E-state index contributed by atoms with van der Waals surface area (Å²) in [5.41, 5.74) is 0.890. The zero-order valence-corrected chi connectivity index (χ0v) is 13.0. The molecule has 1 aromatic carbocycles. The molecular formula is C15H13N3O4S. The first-order valence-electron chi connectivity index (χ1n) is 6.62. The molecule has 118 valence electrons. The van der Waals surface area contributed by atoms with Crippen LogP contribution in [0.25, 0.3) is 0 Å². The maximum Gasteiger partial charge on any atom is 0.309 e. The van der Waals surface area contributed by atoms with Crippen molar-refractivity contribution in [3.8, 4) is 11.8 Å². The van der Waals surface area contributed by atoms with Crippen LogP contribution in [0.2, 0.25) is 0 Å². The molecule has 1 aromatic heterocycles. The van der Waals surface area contributed by atoms with E-state index in [1.807, 2.05) is 6.07 Å². The van der Waals surface area contributed by atoms with Crippen LogP contribution in [0, 0.1) is 11.3 Å². The van der Waals surface area contributed by atoms with Gasteiger partial charge in [0.25, 0.3) is 5.91 Å². The molecular weight excluding hydrogens is 318 g/mol. The SMILES string of the molecule is CC(Oc1ccc(C#N)cc1)C(=O)Nc1nc(CC(=O)O)cs1. The van der Waals surface area contributed by atoms with E-state index in [9.17, 15) is 9.59 Å². The van der Waals surface area contributed by atoms with Gasteiger partial charge in [-0.3, -0.25) is 14.9 Å². The number of hydrogen-bond donors (Lipinski definition) is 2. The highest BCUT2D eigenvalue weighted by Crippen LogP contribution is 2.18. The fourth-order valence-corrected chi connectivity index (χ4v) is 2.39. The molecule has 1 heterocycles. The number of thiazole rings is 1. The number of anilines is 1. The summed E-state index contributed by atoms with van der Waals surface area (Å²) in [6.07, 6.45) is -0.960. The van der Waals surface area contributed by atoms with E-state index in [2.05, 4.69) is 10.3 Å². The van der Waals surface area contributed by atoms with E-state index in [0.717, 1.165) is 11.3 Å². The summed E-state index contributed by atoms with van der Waals surface area (Å²) in [6.45, 7) is 1.58. The van der Waals surface area contributed by atoms with Crippen LogP contribution < -0.4 is 10.1 Å². The molecule has 7 nitrogen and oxygen atoms in total. The highest BCUT2D eigenvalue weighted by Gasteiger charge is 2.17. The van der Waals surface area contributed by atoms with Crippen molar-refractivity contribution in [2.75, 3.05) is 5.32 Å². The van der Waals surface area contributed by atoms with Gasteiger partial charge in [0.2, 0.25) is 0 Å². The third-order valence-electron chi connectivity index (χ3n) is 2.78. The second-order valence-corrected chi connectivity index (χ2v) is 5.46. The maximum absolute atomic E-state index is 12.0. The summed E-state index contributed by atoms with van der Waals surface area (Å²) in [4.78, 5) is 26.6. The summed E-state index contributed by atoms with van der Waals surface area (Å²) in [7, 11) is 0. The maximum atomic E-state index is 12.0. The normalized spacial score (nSPS) is 11.3. The Labute approximate surface area is 136 Å². The monoisotopic (exact) mass is 331 g/mol. The summed E-state index contributed by atoms with van der Waals surface area (Å²) in [5.74, 6) is -0.909. The molecule has 0 radical (unpaired) electrons. The van der Waals surface area contributed by atoms with Gasteiger partial charge in [0.05, 0.1) is 23.7 Å². The van der Waals surface area contributed by atoms with Crippen molar-refractivity contribution in [1.29, 1.82) is 5.26 Å². The molecule has 1 unspecified atom stereocenters. The van der Waals surface area contributed by atoms with Gasteiger partial charge in [-0.25, -0.2) is 4.98 Å². The molecule has 2 N–H and O–H groups in total. The Hall–Kier alpha value is -2.92. The van der Waals surface area contributed by atoms with Gasteiger partial charge in [0.15, 0.2) is 11.2 Å². The molecule has 0 aliphatic carbocycles. The molecule has 2 rings (SSSR count). The van der Waals surface area contributed by atoms with Gasteiger partial charge in [0.1, 0.15) is 5.75 Å². The minimum atomic E-state index is -0.981. The number of aliphatic carboxylic acids is 1. The molecule has 23 heavy (non-hydrogen) atoms. The van der Waals surface area contributed by atoms with Crippen LogP contribution in [0.4, 0.5) is 5.13 Å². The van der Waals surface area contributed by atoms with Crippen LogP contribution >= 0.6 is 11.3 Å². The second kappa shape index (κ2) is 7.38. The molecule has 0 aliphatic heterocycles. The fourth-order valence-electron chi connectivity index (χ4n) is 1.67. The predicted octanol–water partition coefficient (Wildman–Crippen LogP) is 2.05. The van der Waals surface area contributed by atoms with Gasteiger partial charge in [-0.2, -0.15) is 5.26 Å². The Bertz CT molecular complexity index is 749. The lowest BCUT2D eigenvalue weighted by atomic mass is 10.2. The van der Waals surface area contributed by atoms with E-state index in [4.69, 9.17) is 15.1 Å². The smallest absolute Gasteiger partial charge is 0.309 e. The first kappa shape index (κ1) is 16.5. The molecule has 0 aliphatic rings. The van der Waals surface area contributed by atoms with Crippen LogP contribution in [-0.2, 0) is 16.0 Å². The highest BCUT2D eigenvalue weighted by atomic mass is 32.1. The Morgan fingerprint density at radius 3 is 2.74 bits per heavy atom. The average molecular weight is 331 g/mol. The first-order valence-corrected chi connectivity index (χ1v) is 7.50. The van der Waals surface area contributed by atoms with Crippen LogP contribution in [0.3, 0.4) is 0 Å². The summed E-state index contributed by atoms with van der Waals surface area (Å²) < 4.78 is 5.48. The third kappa shape index (κ3) is 4.79. The number of carboxylic acid groups (broad SMARTS) is 1. The van der Waals surface area contributed by atoms with Gasteiger partial charge in [-0.1, -0.05) is 0 Å². The lowest BCUT2D eigenvalue weighted by Gasteiger charge is -2.13. The van der Waals surface area contributed by atoms with Crippen LogP contribution in [0.15, 0.2) is 29.6 Å². The fraction of sp³-hybridized carbons (Fsp3) is 0.200. The Morgan fingerprint density at radius 1 is 1.43 bits per heavy atom. The van der Waals surface area contributed by atoms with Gasteiger partial charge in [-0.05, 0) is 31.2 Å². The minimum Gasteiger partial charge on any atom is -0.481 e. The zero-order valence-electron chi connectivity index (χ0n) is 12.1. The van der Waals surface area contributed by atoms with E-state index < -0.39 is 18.0 Å². The Balaban J connectivity index is 1.92. The highest BCUT2D eigenvalue weighted by molar-refractivity contribution is 7.13. The molecule has 0 saturated heterocycles. The number of nitriles is 1. The number of rotatable bonds is 6. The second-order valence-electron chi connectivity index (χ2n) is 4.60.